The molecular weight excluding hydrogens is 340 g/mol. The van der Waals surface area contributed by atoms with Crippen molar-refractivity contribution in [3.63, 3.8) is 0 Å². The van der Waals surface area contributed by atoms with E-state index in [9.17, 15) is 22.4 Å². The minimum Gasteiger partial charge on any atom is -0.289 e. The minimum absolute atomic E-state index is 0.00935. The van der Waals surface area contributed by atoms with Gasteiger partial charge in [0.1, 0.15) is 5.82 Å². The van der Waals surface area contributed by atoms with Crippen molar-refractivity contribution in [1.29, 1.82) is 0 Å². The molecule has 0 bridgehead atoms. The lowest BCUT2D eigenvalue weighted by Crippen LogP contribution is -2.07. The summed E-state index contributed by atoms with van der Waals surface area (Å²) in [5, 5.41) is 0. The highest BCUT2D eigenvalue weighted by Crippen LogP contribution is 2.30. The highest BCUT2D eigenvalue weighted by Gasteiger charge is 2.30. The normalized spacial score (nSPS) is 11.4. The van der Waals surface area contributed by atoms with Crippen LogP contribution >= 0.6 is 15.9 Å². The van der Waals surface area contributed by atoms with Crippen LogP contribution in [0.1, 0.15) is 21.5 Å². The summed E-state index contributed by atoms with van der Waals surface area (Å²) in [4.78, 5) is 12.1. The van der Waals surface area contributed by atoms with Crippen LogP contribution in [0.2, 0.25) is 0 Å². The second kappa shape index (κ2) is 5.36. The van der Waals surface area contributed by atoms with Crippen LogP contribution < -0.4 is 0 Å². The van der Waals surface area contributed by atoms with Crippen LogP contribution in [0, 0.1) is 5.82 Å². The molecule has 0 saturated carbocycles. The Labute approximate surface area is 120 Å². The van der Waals surface area contributed by atoms with Gasteiger partial charge in [0.2, 0.25) is 0 Å². The van der Waals surface area contributed by atoms with E-state index in [0.29, 0.717) is 0 Å². The van der Waals surface area contributed by atoms with Crippen LogP contribution in [0.5, 0.6) is 0 Å². The van der Waals surface area contributed by atoms with Gasteiger partial charge in [0, 0.05) is 11.1 Å². The van der Waals surface area contributed by atoms with E-state index in [4.69, 9.17) is 0 Å². The third-order valence-corrected chi connectivity index (χ3v) is 3.48. The van der Waals surface area contributed by atoms with Gasteiger partial charge < -0.3 is 0 Å². The fraction of sp³-hybridized carbons (Fsp3) is 0.0714. The van der Waals surface area contributed by atoms with E-state index in [1.54, 1.807) is 0 Å². The van der Waals surface area contributed by atoms with E-state index in [1.807, 2.05) is 0 Å². The van der Waals surface area contributed by atoms with Gasteiger partial charge in [-0.05, 0) is 40.2 Å². The first kappa shape index (κ1) is 14.7. The summed E-state index contributed by atoms with van der Waals surface area (Å²) < 4.78 is 50.6. The fourth-order valence-electron chi connectivity index (χ4n) is 1.65. The van der Waals surface area contributed by atoms with Gasteiger partial charge in [0.25, 0.3) is 0 Å². The molecule has 0 spiro atoms. The molecule has 0 aliphatic carbocycles. The fourth-order valence-corrected chi connectivity index (χ4v) is 2.09. The first-order valence-corrected chi connectivity index (χ1v) is 6.26. The summed E-state index contributed by atoms with van der Waals surface area (Å²) in [6.07, 6.45) is -4.46. The Balaban J connectivity index is 2.37. The van der Waals surface area contributed by atoms with E-state index in [-0.39, 0.29) is 15.6 Å². The van der Waals surface area contributed by atoms with Gasteiger partial charge in [-0.25, -0.2) is 4.39 Å². The molecule has 0 fully saturated rings. The Morgan fingerprint density at radius 2 is 1.60 bits per heavy atom. The number of carbonyl (C=O) groups is 1. The van der Waals surface area contributed by atoms with Crippen LogP contribution in [0.25, 0.3) is 0 Å². The predicted molar refractivity (Wildman–Crippen MR) is 69.0 cm³/mol. The first-order valence-electron chi connectivity index (χ1n) is 5.46. The van der Waals surface area contributed by atoms with Gasteiger partial charge in [-0.15, -0.1) is 0 Å². The molecule has 6 heteroatoms. The maximum Gasteiger partial charge on any atom is 0.416 e. The molecule has 0 amide bonds. The van der Waals surface area contributed by atoms with Gasteiger partial charge in [-0.2, -0.15) is 13.2 Å². The molecule has 0 radical (unpaired) electrons. The van der Waals surface area contributed by atoms with Gasteiger partial charge in [0.05, 0.1) is 10.0 Å². The summed E-state index contributed by atoms with van der Waals surface area (Å²) in [5.41, 5.74) is -0.721. The second-order valence-electron chi connectivity index (χ2n) is 4.01. The number of alkyl halides is 3. The molecule has 0 aliphatic rings. The molecule has 0 atom stereocenters. The summed E-state index contributed by atoms with van der Waals surface area (Å²) >= 11 is 2.95. The monoisotopic (exact) mass is 346 g/mol. The van der Waals surface area contributed by atoms with Crippen molar-refractivity contribution in [2.75, 3.05) is 0 Å². The van der Waals surface area contributed by atoms with Crippen LogP contribution in [-0.4, -0.2) is 5.78 Å². The SMILES string of the molecule is O=C(c1ccc(C(F)(F)F)cc1)c1cccc(F)c1Br. The molecule has 104 valence electrons. The Morgan fingerprint density at radius 1 is 1.00 bits per heavy atom. The molecule has 0 N–H and O–H groups in total. The van der Waals surface area contributed by atoms with Gasteiger partial charge in [0.15, 0.2) is 5.78 Å². The molecule has 0 aromatic heterocycles. The zero-order valence-corrected chi connectivity index (χ0v) is 11.4. The molecule has 0 unspecified atom stereocenters. The smallest absolute Gasteiger partial charge is 0.289 e. The number of benzene rings is 2. The number of rotatable bonds is 2. The van der Waals surface area contributed by atoms with Crippen LogP contribution in [-0.2, 0) is 6.18 Å². The molecule has 2 aromatic carbocycles. The van der Waals surface area contributed by atoms with Gasteiger partial charge in [-0.3, -0.25) is 4.79 Å². The van der Waals surface area contributed by atoms with E-state index in [2.05, 4.69) is 15.9 Å². The highest BCUT2D eigenvalue weighted by molar-refractivity contribution is 9.10. The Morgan fingerprint density at radius 3 is 2.15 bits per heavy atom. The molecule has 0 heterocycles. The first-order chi connectivity index (χ1) is 9.30. The summed E-state index contributed by atoms with van der Waals surface area (Å²) in [5.74, 6) is -1.16. The largest absolute Gasteiger partial charge is 0.416 e. The van der Waals surface area contributed by atoms with E-state index in [0.717, 1.165) is 24.3 Å². The summed E-state index contributed by atoms with van der Waals surface area (Å²) in [7, 11) is 0. The van der Waals surface area contributed by atoms with Crippen molar-refractivity contribution >= 4 is 21.7 Å². The van der Waals surface area contributed by atoms with Crippen LogP contribution in [0.3, 0.4) is 0 Å². The van der Waals surface area contributed by atoms with E-state index < -0.39 is 23.3 Å². The molecule has 1 nitrogen and oxygen atoms in total. The van der Waals surface area contributed by atoms with Crippen molar-refractivity contribution in [1.82, 2.24) is 0 Å². The number of hydrogen-bond acceptors (Lipinski definition) is 1. The molecule has 0 saturated heterocycles. The van der Waals surface area contributed by atoms with Crippen LogP contribution in [0.4, 0.5) is 17.6 Å². The topological polar surface area (TPSA) is 17.1 Å². The Kier molecular flexibility index (Phi) is 3.94. The average Bonchev–Trinajstić information content (AvgIpc) is 2.40. The van der Waals surface area contributed by atoms with Crippen molar-refractivity contribution < 1.29 is 22.4 Å². The average molecular weight is 347 g/mol. The predicted octanol–water partition coefficient (Wildman–Crippen LogP) is 4.84. The lowest BCUT2D eigenvalue weighted by molar-refractivity contribution is -0.137. The van der Waals surface area contributed by atoms with Crippen molar-refractivity contribution in [2.24, 2.45) is 0 Å². The molecule has 2 aromatic rings. The van der Waals surface area contributed by atoms with E-state index >= 15 is 0 Å². The summed E-state index contributed by atoms with van der Waals surface area (Å²) in [6, 6.07) is 7.71. The molecule has 0 aliphatic heterocycles. The lowest BCUT2D eigenvalue weighted by Gasteiger charge is -2.08. The third-order valence-electron chi connectivity index (χ3n) is 2.67. The van der Waals surface area contributed by atoms with Crippen molar-refractivity contribution in [2.45, 2.75) is 6.18 Å². The van der Waals surface area contributed by atoms with Crippen LogP contribution in [0.15, 0.2) is 46.9 Å². The summed E-state index contributed by atoms with van der Waals surface area (Å²) in [6.45, 7) is 0. The maximum atomic E-state index is 13.3. The number of carbonyl (C=O) groups excluding carboxylic acids is 1. The Bertz CT molecular complexity index is 647. The third kappa shape index (κ3) is 2.90. The molecular formula is C14H7BrF4O. The standard InChI is InChI=1S/C14H7BrF4O/c15-12-10(2-1-3-11(12)16)13(20)8-4-6-9(7-5-8)14(17,18)19/h1-7H. The molecule has 2 rings (SSSR count). The highest BCUT2D eigenvalue weighted by atomic mass is 79.9. The molecule has 20 heavy (non-hydrogen) atoms. The second-order valence-corrected chi connectivity index (χ2v) is 4.80. The van der Waals surface area contributed by atoms with Crippen molar-refractivity contribution in [3.05, 3.63) is 69.4 Å². The quantitative estimate of drug-likeness (QED) is 0.561. The Hall–Kier alpha value is -1.69. The van der Waals surface area contributed by atoms with Gasteiger partial charge in [-0.1, -0.05) is 18.2 Å². The number of hydrogen-bond donors (Lipinski definition) is 0. The zero-order valence-electron chi connectivity index (χ0n) is 9.84. The zero-order chi connectivity index (χ0) is 14.9. The lowest BCUT2D eigenvalue weighted by atomic mass is 10.0. The van der Waals surface area contributed by atoms with Crippen molar-refractivity contribution in [3.8, 4) is 0 Å². The number of ketones is 1. The minimum atomic E-state index is -4.46. The van der Waals surface area contributed by atoms with Gasteiger partial charge >= 0.3 is 6.18 Å². The maximum absolute atomic E-state index is 13.3. The van der Waals surface area contributed by atoms with E-state index in [1.165, 1.54) is 18.2 Å². The number of halogens is 5.